The van der Waals surface area contributed by atoms with Gasteiger partial charge in [0.1, 0.15) is 0 Å². The van der Waals surface area contributed by atoms with E-state index >= 15 is 0 Å². The fraction of sp³-hybridized carbons (Fsp3) is 0.917. The van der Waals surface area contributed by atoms with Gasteiger partial charge in [-0.1, -0.05) is 25.7 Å². The number of hydrogen-bond acceptors (Lipinski definition) is 2. The van der Waals surface area contributed by atoms with Crippen LogP contribution in [0.4, 0.5) is 0 Å². The minimum absolute atomic E-state index is 0.249. The maximum absolute atomic E-state index is 11.2. The number of nitrogens with one attached hydrogen (secondary N) is 2. The molecule has 2 fully saturated rings. The molecule has 3 heteroatoms. The van der Waals surface area contributed by atoms with Crippen LogP contribution in [-0.2, 0) is 4.79 Å². The van der Waals surface area contributed by atoms with Crippen molar-refractivity contribution in [1.29, 1.82) is 0 Å². The maximum atomic E-state index is 11.2. The highest BCUT2D eigenvalue weighted by molar-refractivity contribution is 5.78. The molecular formula is C12H22N2O. The van der Waals surface area contributed by atoms with E-state index in [-0.39, 0.29) is 5.91 Å². The molecule has 15 heavy (non-hydrogen) atoms. The van der Waals surface area contributed by atoms with Crippen molar-refractivity contribution in [2.45, 2.75) is 44.6 Å². The third-order valence-electron chi connectivity index (χ3n) is 3.99. The molecule has 0 radical (unpaired) electrons. The lowest BCUT2D eigenvalue weighted by molar-refractivity contribution is -0.119. The van der Waals surface area contributed by atoms with Crippen LogP contribution in [0.1, 0.15) is 38.5 Å². The van der Waals surface area contributed by atoms with Crippen molar-refractivity contribution in [3.8, 4) is 0 Å². The first-order valence-corrected chi connectivity index (χ1v) is 6.25. The Morgan fingerprint density at radius 3 is 2.67 bits per heavy atom. The van der Waals surface area contributed by atoms with Gasteiger partial charge in [0.15, 0.2) is 0 Å². The van der Waals surface area contributed by atoms with Crippen LogP contribution in [0.2, 0.25) is 0 Å². The van der Waals surface area contributed by atoms with Gasteiger partial charge >= 0.3 is 0 Å². The summed E-state index contributed by atoms with van der Waals surface area (Å²) in [6.45, 7) is 1.05. The first-order chi connectivity index (χ1) is 7.31. The molecule has 0 aromatic heterocycles. The Morgan fingerprint density at radius 1 is 1.40 bits per heavy atom. The molecule has 0 aromatic carbocycles. The van der Waals surface area contributed by atoms with Crippen molar-refractivity contribution < 1.29 is 4.79 Å². The van der Waals surface area contributed by atoms with Gasteiger partial charge < -0.3 is 10.6 Å². The lowest BCUT2D eigenvalue weighted by atomic mass is 9.84. The zero-order chi connectivity index (χ0) is 10.7. The summed E-state index contributed by atoms with van der Waals surface area (Å²) in [5, 5.41) is 6.42. The van der Waals surface area contributed by atoms with E-state index in [9.17, 15) is 4.79 Å². The smallest absolute Gasteiger partial charge is 0.220 e. The topological polar surface area (TPSA) is 41.1 Å². The fourth-order valence-corrected chi connectivity index (χ4v) is 3.22. The third-order valence-corrected chi connectivity index (χ3v) is 3.99. The van der Waals surface area contributed by atoms with Crippen molar-refractivity contribution in [3.05, 3.63) is 0 Å². The summed E-state index contributed by atoms with van der Waals surface area (Å²) in [5.74, 6) is 1.74. The van der Waals surface area contributed by atoms with Gasteiger partial charge in [0.05, 0.1) is 0 Å². The molecule has 0 bridgehead atoms. The summed E-state index contributed by atoms with van der Waals surface area (Å²) in [6, 6.07) is 0.438. The molecule has 86 valence electrons. The van der Waals surface area contributed by atoms with Crippen LogP contribution in [0.5, 0.6) is 0 Å². The number of carbonyl (C=O) groups is 1. The van der Waals surface area contributed by atoms with Crippen molar-refractivity contribution in [2.24, 2.45) is 11.8 Å². The van der Waals surface area contributed by atoms with E-state index < -0.39 is 0 Å². The maximum Gasteiger partial charge on any atom is 0.220 e. The van der Waals surface area contributed by atoms with E-state index in [1.807, 2.05) is 7.05 Å². The van der Waals surface area contributed by atoms with Crippen LogP contribution < -0.4 is 10.6 Å². The van der Waals surface area contributed by atoms with Gasteiger partial charge in [-0.05, 0) is 31.8 Å². The SMILES string of the molecule is CNCC(C1CCCC1)C1CCC(=O)N1. The molecular weight excluding hydrogens is 188 g/mol. The van der Waals surface area contributed by atoms with Crippen molar-refractivity contribution in [1.82, 2.24) is 10.6 Å². The normalized spacial score (nSPS) is 29.4. The minimum atomic E-state index is 0.249. The van der Waals surface area contributed by atoms with E-state index in [0.717, 1.165) is 25.3 Å². The summed E-state index contributed by atoms with van der Waals surface area (Å²) in [5.41, 5.74) is 0. The van der Waals surface area contributed by atoms with Crippen molar-refractivity contribution in [3.63, 3.8) is 0 Å². The van der Waals surface area contributed by atoms with E-state index in [2.05, 4.69) is 10.6 Å². The summed E-state index contributed by atoms with van der Waals surface area (Å²) in [6.07, 6.45) is 7.26. The minimum Gasteiger partial charge on any atom is -0.353 e. The molecule has 2 atom stereocenters. The monoisotopic (exact) mass is 210 g/mol. The zero-order valence-corrected chi connectivity index (χ0v) is 9.59. The van der Waals surface area contributed by atoms with Crippen LogP contribution in [-0.4, -0.2) is 25.5 Å². The molecule has 0 aromatic rings. The van der Waals surface area contributed by atoms with Crippen molar-refractivity contribution in [2.75, 3.05) is 13.6 Å². The Balaban J connectivity index is 1.95. The Labute approximate surface area is 92.0 Å². The highest BCUT2D eigenvalue weighted by atomic mass is 16.1. The predicted octanol–water partition coefficient (Wildman–Crippen LogP) is 1.29. The molecule has 2 rings (SSSR count). The molecule has 2 aliphatic rings. The summed E-state index contributed by atoms with van der Waals surface area (Å²) in [4.78, 5) is 11.2. The van der Waals surface area contributed by atoms with E-state index in [4.69, 9.17) is 0 Å². The average molecular weight is 210 g/mol. The lowest BCUT2D eigenvalue weighted by Crippen LogP contribution is -2.41. The zero-order valence-electron chi connectivity index (χ0n) is 9.59. The Hall–Kier alpha value is -0.570. The van der Waals surface area contributed by atoms with Crippen LogP contribution in [0.15, 0.2) is 0 Å². The molecule has 3 nitrogen and oxygen atoms in total. The Bertz CT molecular complexity index is 224. The molecule has 1 amide bonds. The van der Waals surface area contributed by atoms with Gasteiger partial charge in [0.25, 0.3) is 0 Å². The quantitative estimate of drug-likeness (QED) is 0.734. The molecule has 0 spiro atoms. The fourth-order valence-electron chi connectivity index (χ4n) is 3.22. The van der Waals surface area contributed by atoms with Gasteiger partial charge in [-0.15, -0.1) is 0 Å². The number of rotatable bonds is 4. The first-order valence-electron chi connectivity index (χ1n) is 6.25. The van der Waals surface area contributed by atoms with Gasteiger partial charge in [-0.25, -0.2) is 0 Å². The van der Waals surface area contributed by atoms with E-state index in [1.165, 1.54) is 25.7 Å². The van der Waals surface area contributed by atoms with E-state index in [1.54, 1.807) is 0 Å². The standard InChI is InChI=1S/C12H22N2O/c1-13-8-10(9-4-2-3-5-9)11-6-7-12(15)14-11/h9-11,13H,2-8H2,1H3,(H,14,15). The third kappa shape index (κ3) is 2.51. The highest BCUT2D eigenvalue weighted by Crippen LogP contribution is 2.34. The molecule has 1 aliphatic carbocycles. The van der Waals surface area contributed by atoms with Gasteiger partial charge in [-0.3, -0.25) is 4.79 Å². The molecule has 2 unspecified atom stereocenters. The van der Waals surface area contributed by atoms with Crippen LogP contribution in [0.3, 0.4) is 0 Å². The first kappa shape index (κ1) is 10.9. The largest absolute Gasteiger partial charge is 0.353 e. The predicted molar refractivity (Wildman–Crippen MR) is 60.5 cm³/mol. The summed E-state index contributed by atoms with van der Waals surface area (Å²) < 4.78 is 0. The number of hydrogen-bond donors (Lipinski definition) is 2. The summed E-state index contributed by atoms with van der Waals surface area (Å²) >= 11 is 0. The molecule has 1 saturated heterocycles. The molecule has 2 N–H and O–H groups in total. The second kappa shape index (κ2) is 4.97. The second-order valence-corrected chi connectivity index (χ2v) is 4.98. The highest BCUT2D eigenvalue weighted by Gasteiger charge is 2.34. The molecule has 1 saturated carbocycles. The average Bonchev–Trinajstić information content (AvgIpc) is 2.85. The second-order valence-electron chi connectivity index (χ2n) is 4.98. The molecule has 1 heterocycles. The van der Waals surface area contributed by atoms with Crippen LogP contribution in [0, 0.1) is 11.8 Å². The van der Waals surface area contributed by atoms with Gasteiger partial charge in [0.2, 0.25) is 5.91 Å². The van der Waals surface area contributed by atoms with E-state index in [0.29, 0.717) is 12.0 Å². The van der Waals surface area contributed by atoms with Crippen LogP contribution >= 0.6 is 0 Å². The van der Waals surface area contributed by atoms with Gasteiger partial charge in [0, 0.05) is 12.5 Å². The van der Waals surface area contributed by atoms with Crippen molar-refractivity contribution >= 4 is 5.91 Å². The summed E-state index contributed by atoms with van der Waals surface area (Å²) in [7, 11) is 2.01. The van der Waals surface area contributed by atoms with Crippen LogP contribution in [0.25, 0.3) is 0 Å². The Kier molecular flexibility index (Phi) is 3.62. The van der Waals surface area contributed by atoms with Gasteiger partial charge in [-0.2, -0.15) is 0 Å². The lowest BCUT2D eigenvalue weighted by Gasteiger charge is -2.28. The Morgan fingerprint density at radius 2 is 2.13 bits per heavy atom. The molecule has 1 aliphatic heterocycles. The number of carbonyl (C=O) groups excluding carboxylic acids is 1. The number of amides is 1.